The van der Waals surface area contributed by atoms with Crippen LogP contribution in [0.3, 0.4) is 0 Å². The number of aliphatic carboxylic acids is 1. The number of hydrogen-bond donors (Lipinski definition) is 4. The van der Waals surface area contributed by atoms with Gasteiger partial charge in [0.05, 0.1) is 16.6 Å². The van der Waals surface area contributed by atoms with E-state index in [1.165, 1.54) is 0 Å². The van der Waals surface area contributed by atoms with Gasteiger partial charge in [0, 0.05) is 23.2 Å². The third-order valence-electron chi connectivity index (χ3n) is 6.43. The van der Waals surface area contributed by atoms with Gasteiger partial charge in [0.2, 0.25) is 0 Å². The molecule has 1 aliphatic rings. The number of para-hydroxylation sites is 1. The predicted octanol–water partition coefficient (Wildman–Crippen LogP) is 7.76. The Balaban J connectivity index is 0.000000646. The zero-order chi connectivity index (χ0) is 32.2. The molecular formula is C27H25F9N4O3. The summed E-state index contributed by atoms with van der Waals surface area (Å²) >= 11 is 0. The summed E-state index contributed by atoms with van der Waals surface area (Å²) in [5, 5.41) is 16.4. The number of benzene rings is 2. The van der Waals surface area contributed by atoms with Crippen LogP contribution in [0.15, 0.2) is 48.5 Å². The van der Waals surface area contributed by atoms with E-state index in [0.29, 0.717) is 37.8 Å². The Hall–Kier alpha value is -4.24. The number of carbonyl (C=O) groups is 2. The Morgan fingerprint density at radius 1 is 0.814 bits per heavy atom. The van der Waals surface area contributed by atoms with Crippen LogP contribution in [0.5, 0.6) is 0 Å². The molecule has 2 aromatic carbocycles. The van der Waals surface area contributed by atoms with Crippen molar-refractivity contribution in [3.05, 3.63) is 65.2 Å². The number of carboxylic acids is 1. The van der Waals surface area contributed by atoms with Crippen LogP contribution in [0.1, 0.15) is 42.4 Å². The fourth-order valence-corrected chi connectivity index (χ4v) is 4.39. The van der Waals surface area contributed by atoms with Gasteiger partial charge in [-0.05, 0) is 68.5 Å². The van der Waals surface area contributed by atoms with Gasteiger partial charge in [0.1, 0.15) is 5.82 Å². The topological polar surface area (TPSA) is 103 Å². The lowest BCUT2D eigenvalue weighted by Gasteiger charge is -2.30. The average Bonchev–Trinajstić information content (AvgIpc) is 2.88. The maximum absolute atomic E-state index is 13.0. The smallest absolute Gasteiger partial charge is 0.475 e. The van der Waals surface area contributed by atoms with E-state index in [-0.39, 0.29) is 18.2 Å². The zero-order valence-corrected chi connectivity index (χ0v) is 22.2. The number of aryl methyl sites for hydroxylation is 1. The van der Waals surface area contributed by atoms with Crippen LogP contribution in [-0.2, 0) is 17.1 Å². The highest BCUT2D eigenvalue weighted by Crippen LogP contribution is 2.37. The van der Waals surface area contributed by atoms with E-state index in [1.807, 2.05) is 37.3 Å². The van der Waals surface area contributed by atoms with Crippen molar-refractivity contribution in [3.8, 4) is 0 Å². The first-order valence-corrected chi connectivity index (χ1v) is 12.6. The number of urea groups is 1. The van der Waals surface area contributed by atoms with Gasteiger partial charge in [-0.3, -0.25) is 0 Å². The lowest BCUT2D eigenvalue weighted by Crippen LogP contribution is -2.42. The summed E-state index contributed by atoms with van der Waals surface area (Å²) < 4.78 is 110. The number of carboxylic acid groups (broad SMARTS) is 1. The number of pyridine rings is 1. The Morgan fingerprint density at radius 3 is 1.84 bits per heavy atom. The summed E-state index contributed by atoms with van der Waals surface area (Å²) in [5.41, 5.74) is -1.58. The molecule has 1 heterocycles. The fraction of sp³-hybridized carbons (Fsp3) is 0.370. The quantitative estimate of drug-likeness (QED) is 0.222. The molecule has 4 N–H and O–H groups in total. The Bertz CT molecular complexity index is 1420. The molecule has 7 nitrogen and oxygen atoms in total. The van der Waals surface area contributed by atoms with Gasteiger partial charge in [0.15, 0.2) is 0 Å². The second-order valence-electron chi connectivity index (χ2n) is 9.73. The molecule has 0 saturated heterocycles. The van der Waals surface area contributed by atoms with E-state index >= 15 is 0 Å². The monoisotopic (exact) mass is 624 g/mol. The van der Waals surface area contributed by atoms with Crippen LogP contribution in [0.4, 0.5) is 55.8 Å². The Labute approximate surface area is 238 Å². The Kier molecular flexibility index (Phi) is 10.0. The summed E-state index contributed by atoms with van der Waals surface area (Å²) in [6.07, 6.45) is -12.5. The van der Waals surface area contributed by atoms with E-state index in [2.05, 4.69) is 20.9 Å². The first-order chi connectivity index (χ1) is 19.8. The third-order valence-corrected chi connectivity index (χ3v) is 6.43. The van der Waals surface area contributed by atoms with Gasteiger partial charge in [-0.2, -0.15) is 39.5 Å². The molecule has 0 atom stereocenters. The van der Waals surface area contributed by atoms with Crippen LogP contribution < -0.4 is 16.0 Å². The molecule has 16 heteroatoms. The number of anilines is 2. The van der Waals surface area contributed by atoms with E-state index in [1.54, 1.807) is 0 Å². The number of amides is 2. The number of aromatic nitrogens is 1. The van der Waals surface area contributed by atoms with Crippen LogP contribution in [0.25, 0.3) is 10.9 Å². The number of carbonyl (C=O) groups excluding carboxylic acids is 1. The molecule has 1 aromatic heterocycles. The standard InChI is InChI=1S/C25H24F6N4O.C2HF3O2/c1-14-10-22(35-21-5-3-2-4-20(14)21)32-17-6-8-18(9-7-17)33-23(36)34-19-12-15(24(26,27)28)11-16(13-19)25(29,30)31;3-2(4,5)1(6)7/h2-5,10-13,17-18H,6-9H2,1H3,(H,32,35)(H2,33,34,36);(H,6,7)/t17-,18+;. The first kappa shape index (κ1) is 33.3. The Morgan fingerprint density at radius 2 is 1.33 bits per heavy atom. The summed E-state index contributed by atoms with van der Waals surface area (Å²) in [6, 6.07) is 9.78. The number of alkyl halides is 9. The van der Waals surface area contributed by atoms with Crippen molar-refractivity contribution in [2.24, 2.45) is 0 Å². The molecule has 2 amide bonds. The first-order valence-electron chi connectivity index (χ1n) is 12.6. The minimum absolute atomic E-state index is 0.0171. The number of fused-ring (bicyclic) bond motifs is 1. The van der Waals surface area contributed by atoms with Crippen molar-refractivity contribution in [2.45, 2.75) is 63.2 Å². The average molecular weight is 625 g/mol. The highest BCUT2D eigenvalue weighted by molar-refractivity contribution is 5.89. The molecule has 1 aliphatic carbocycles. The lowest BCUT2D eigenvalue weighted by molar-refractivity contribution is -0.192. The van der Waals surface area contributed by atoms with Crippen molar-refractivity contribution in [3.63, 3.8) is 0 Å². The second-order valence-corrected chi connectivity index (χ2v) is 9.73. The van der Waals surface area contributed by atoms with Gasteiger partial charge >= 0.3 is 30.5 Å². The van der Waals surface area contributed by atoms with Crippen LogP contribution in [0, 0.1) is 6.92 Å². The number of nitrogens with zero attached hydrogens (tertiary/aromatic N) is 1. The van der Waals surface area contributed by atoms with Crippen molar-refractivity contribution in [1.29, 1.82) is 0 Å². The second kappa shape index (κ2) is 13.0. The van der Waals surface area contributed by atoms with E-state index in [4.69, 9.17) is 9.90 Å². The van der Waals surface area contributed by atoms with Gasteiger partial charge in [-0.25, -0.2) is 14.6 Å². The summed E-state index contributed by atoms with van der Waals surface area (Å²) in [6.45, 7) is 2.01. The maximum Gasteiger partial charge on any atom is 0.490 e. The SMILES string of the molecule is Cc1cc(N[C@H]2CC[C@@H](NC(=O)Nc3cc(C(F)(F)F)cc(C(F)(F)F)c3)CC2)nc2ccccc12.O=C(O)C(F)(F)F. The summed E-state index contributed by atoms with van der Waals surface area (Å²) in [7, 11) is 0. The molecule has 1 saturated carbocycles. The molecule has 3 aromatic rings. The van der Waals surface area contributed by atoms with Crippen molar-refractivity contribution in [2.75, 3.05) is 10.6 Å². The molecule has 1 fully saturated rings. The van der Waals surface area contributed by atoms with Gasteiger partial charge < -0.3 is 21.1 Å². The third kappa shape index (κ3) is 9.64. The van der Waals surface area contributed by atoms with Crippen LogP contribution >= 0.6 is 0 Å². The molecular weight excluding hydrogens is 599 g/mol. The normalized spacial score (nSPS) is 17.4. The van der Waals surface area contributed by atoms with Crippen LogP contribution in [0.2, 0.25) is 0 Å². The van der Waals surface area contributed by atoms with Gasteiger partial charge in [0.25, 0.3) is 0 Å². The van der Waals surface area contributed by atoms with Crippen LogP contribution in [-0.4, -0.2) is 40.4 Å². The number of halogens is 9. The minimum Gasteiger partial charge on any atom is -0.475 e. The molecule has 0 bridgehead atoms. The summed E-state index contributed by atoms with van der Waals surface area (Å²) in [4.78, 5) is 25.9. The fourth-order valence-electron chi connectivity index (χ4n) is 4.39. The molecule has 0 unspecified atom stereocenters. The van der Waals surface area contributed by atoms with Gasteiger partial charge in [-0.1, -0.05) is 18.2 Å². The highest BCUT2D eigenvalue weighted by atomic mass is 19.4. The maximum atomic E-state index is 13.0. The molecule has 0 spiro atoms. The molecule has 234 valence electrons. The number of hydrogen-bond acceptors (Lipinski definition) is 4. The van der Waals surface area contributed by atoms with Crippen molar-refractivity contribution >= 4 is 34.4 Å². The molecule has 4 rings (SSSR count). The van der Waals surface area contributed by atoms with Crippen molar-refractivity contribution < 1.29 is 54.2 Å². The van der Waals surface area contributed by atoms with E-state index < -0.39 is 47.3 Å². The predicted molar refractivity (Wildman–Crippen MR) is 138 cm³/mol. The lowest BCUT2D eigenvalue weighted by atomic mass is 9.91. The largest absolute Gasteiger partial charge is 0.490 e. The minimum atomic E-state index is -5.08. The zero-order valence-electron chi connectivity index (χ0n) is 22.2. The van der Waals surface area contributed by atoms with Gasteiger partial charge in [-0.15, -0.1) is 0 Å². The summed E-state index contributed by atoms with van der Waals surface area (Å²) in [5.74, 6) is -2.00. The number of rotatable bonds is 4. The molecule has 43 heavy (non-hydrogen) atoms. The number of nitrogens with one attached hydrogen (secondary N) is 3. The molecule has 0 aliphatic heterocycles. The molecule has 0 radical (unpaired) electrons. The highest BCUT2D eigenvalue weighted by Gasteiger charge is 2.38. The van der Waals surface area contributed by atoms with E-state index in [0.717, 1.165) is 22.3 Å². The van der Waals surface area contributed by atoms with Crippen molar-refractivity contribution in [1.82, 2.24) is 10.3 Å². The van der Waals surface area contributed by atoms with E-state index in [9.17, 15) is 44.3 Å².